The van der Waals surface area contributed by atoms with Gasteiger partial charge >= 0.3 is 0 Å². The van der Waals surface area contributed by atoms with E-state index in [0.29, 0.717) is 0 Å². The summed E-state index contributed by atoms with van der Waals surface area (Å²) in [6.07, 6.45) is 1.51. The van der Waals surface area contributed by atoms with Crippen LogP contribution in [0.15, 0.2) is 35.5 Å². The maximum absolute atomic E-state index is 6.30. The SMILES string of the molecule is Cc1sc2ccccc2c1C1NC(N)NC=C1Cl. The van der Waals surface area contributed by atoms with Crippen molar-refractivity contribution in [2.75, 3.05) is 0 Å². The molecule has 1 aliphatic heterocycles. The first-order valence-electron chi connectivity index (χ1n) is 5.78. The molecule has 4 N–H and O–H groups in total. The average molecular weight is 280 g/mol. The van der Waals surface area contributed by atoms with E-state index in [1.165, 1.54) is 20.5 Å². The first-order chi connectivity index (χ1) is 8.66. The summed E-state index contributed by atoms with van der Waals surface area (Å²) < 4.78 is 1.28. The molecule has 0 saturated carbocycles. The molecular formula is C13H14ClN3S. The molecule has 94 valence electrons. The summed E-state index contributed by atoms with van der Waals surface area (Å²) in [6.45, 7) is 2.12. The quantitative estimate of drug-likeness (QED) is 0.752. The third kappa shape index (κ3) is 1.91. The van der Waals surface area contributed by atoms with E-state index < -0.39 is 0 Å². The highest BCUT2D eigenvalue weighted by Crippen LogP contribution is 2.38. The lowest BCUT2D eigenvalue weighted by Gasteiger charge is -2.28. The Morgan fingerprint density at radius 2 is 2.11 bits per heavy atom. The van der Waals surface area contributed by atoms with Gasteiger partial charge in [0.15, 0.2) is 0 Å². The molecule has 18 heavy (non-hydrogen) atoms. The molecule has 5 heteroatoms. The van der Waals surface area contributed by atoms with Gasteiger partial charge in [-0.15, -0.1) is 11.3 Å². The average Bonchev–Trinajstić information content (AvgIpc) is 2.68. The van der Waals surface area contributed by atoms with Gasteiger partial charge in [-0.05, 0) is 23.9 Å². The van der Waals surface area contributed by atoms with Gasteiger partial charge in [0.05, 0.1) is 11.1 Å². The predicted molar refractivity (Wildman–Crippen MR) is 77.5 cm³/mol. The Hall–Kier alpha value is -1.07. The fraction of sp³-hybridized carbons (Fsp3) is 0.231. The lowest BCUT2D eigenvalue weighted by Crippen LogP contribution is -2.51. The summed E-state index contributed by atoms with van der Waals surface area (Å²) in [6, 6.07) is 8.35. The molecule has 1 aromatic heterocycles. The minimum atomic E-state index is -0.268. The number of halogens is 1. The van der Waals surface area contributed by atoms with Crippen molar-refractivity contribution in [2.24, 2.45) is 5.73 Å². The third-order valence-electron chi connectivity index (χ3n) is 3.13. The normalized spacial score (nSPS) is 23.8. The van der Waals surface area contributed by atoms with Crippen LogP contribution in [0.25, 0.3) is 10.1 Å². The molecule has 1 aromatic carbocycles. The van der Waals surface area contributed by atoms with Crippen molar-refractivity contribution in [3.05, 3.63) is 45.9 Å². The van der Waals surface area contributed by atoms with E-state index in [1.54, 1.807) is 17.5 Å². The van der Waals surface area contributed by atoms with Crippen molar-refractivity contribution >= 4 is 33.0 Å². The van der Waals surface area contributed by atoms with Gasteiger partial charge in [0.25, 0.3) is 0 Å². The number of nitrogens with one attached hydrogen (secondary N) is 2. The molecule has 0 radical (unpaired) electrons. The van der Waals surface area contributed by atoms with Crippen molar-refractivity contribution in [3.8, 4) is 0 Å². The van der Waals surface area contributed by atoms with Gasteiger partial charge in [-0.25, -0.2) is 0 Å². The van der Waals surface area contributed by atoms with E-state index in [2.05, 4.69) is 41.8 Å². The summed E-state index contributed by atoms with van der Waals surface area (Å²) >= 11 is 8.09. The van der Waals surface area contributed by atoms with Crippen molar-refractivity contribution in [3.63, 3.8) is 0 Å². The summed E-state index contributed by atoms with van der Waals surface area (Å²) in [5, 5.41) is 8.23. The zero-order valence-corrected chi connectivity index (χ0v) is 11.5. The van der Waals surface area contributed by atoms with Crippen LogP contribution >= 0.6 is 22.9 Å². The molecule has 0 aliphatic carbocycles. The molecule has 0 fully saturated rings. The third-order valence-corrected chi connectivity index (χ3v) is 4.56. The molecule has 3 nitrogen and oxygen atoms in total. The Morgan fingerprint density at radius 3 is 2.94 bits per heavy atom. The van der Waals surface area contributed by atoms with E-state index in [9.17, 15) is 0 Å². The Labute approximate surface area is 115 Å². The smallest absolute Gasteiger partial charge is 0.130 e. The molecule has 2 unspecified atom stereocenters. The number of hydrogen-bond acceptors (Lipinski definition) is 4. The molecule has 2 heterocycles. The van der Waals surface area contributed by atoms with Gasteiger partial charge in [-0.1, -0.05) is 29.8 Å². The standard InChI is InChI=1S/C13H14ClN3S/c1-7-11(8-4-2-3-5-10(8)18-7)12-9(14)6-16-13(15)17-12/h2-6,12-13,16-17H,15H2,1H3. The number of thiophene rings is 1. The summed E-state index contributed by atoms with van der Waals surface area (Å²) in [4.78, 5) is 1.27. The van der Waals surface area contributed by atoms with Crippen LogP contribution in [0.5, 0.6) is 0 Å². The van der Waals surface area contributed by atoms with Crippen molar-refractivity contribution in [1.82, 2.24) is 10.6 Å². The van der Waals surface area contributed by atoms with Gasteiger partial charge in [0, 0.05) is 15.8 Å². The van der Waals surface area contributed by atoms with E-state index in [-0.39, 0.29) is 12.3 Å². The molecule has 2 atom stereocenters. The summed E-state index contributed by atoms with van der Waals surface area (Å²) in [5.74, 6) is 0. The Balaban J connectivity index is 2.16. The number of fused-ring (bicyclic) bond motifs is 1. The van der Waals surface area contributed by atoms with Crippen LogP contribution in [0, 0.1) is 6.92 Å². The molecule has 2 aromatic rings. The van der Waals surface area contributed by atoms with Gasteiger partial charge < -0.3 is 5.32 Å². The number of benzene rings is 1. The first kappa shape index (κ1) is 12.0. The number of aryl methyl sites for hydroxylation is 1. The van der Waals surface area contributed by atoms with E-state index in [0.717, 1.165) is 5.03 Å². The molecule has 3 rings (SSSR count). The van der Waals surface area contributed by atoms with Crippen molar-refractivity contribution in [1.29, 1.82) is 0 Å². The van der Waals surface area contributed by atoms with Gasteiger partial charge in [0.2, 0.25) is 0 Å². The first-order valence-corrected chi connectivity index (χ1v) is 6.97. The fourth-order valence-corrected chi connectivity index (χ4v) is 3.66. The number of hydrogen-bond donors (Lipinski definition) is 3. The Kier molecular flexibility index (Phi) is 3.03. The Bertz CT molecular complexity index is 620. The van der Waals surface area contributed by atoms with Gasteiger partial charge in [-0.3, -0.25) is 11.1 Å². The summed E-state index contributed by atoms with van der Waals surface area (Å²) in [7, 11) is 0. The molecule has 0 saturated heterocycles. The lowest BCUT2D eigenvalue weighted by atomic mass is 10.0. The maximum Gasteiger partial charge on any atom is 0.130 e. The van der Waals surface area contributed by atoms with E-state index >= 15 is 0 Å². The monoisotopic (exact) mass is 279 g/mol. The number of nitrogens with two attached hydrogens (primary N) is 1. The second-order valence-electron chi connectivity index (χ2n) is 4.34. The second kappa shape index (κ2) is 4.55. The molecular weight excluding hydrogens is 266 g/mol. The van der Waals surface area contributed by atoms with Crippen molar-refractivity contribution in [2.45, 2.75) is 19.3 Å². The lowest BCUT2D eigenvalue weighted by molar-refractivity contribution is 0.426. The predicted octanol–water partition coefficient (Wildman–Crippen LogP) is 2.77. The highest BCUT2D eigenvalue weighted by Gasteiger charge is 2.25. The largest absolute Gasteiger partial charge is 0.363 e. The minimum Gasteiger partial charge on any atom is -0.363 e. The summed E-state index contributed by atoms with van der Waals surface area (Å²) in [5.41, 5.74) is 7.10. The topological polar surface area (TPSA) is 50.1 Å². The minimum absolute atomic E-state index is 0.0286. The fourth-order valence-electron chi connectivity index (χ4n) is 2.33. The Morgan fingerprint density at radius 1 is 1.33 bits per heavy atom. The van der Waals surface area contributed by atoms with Crippen LogP contribution in [0.1, 0.15) is 16.5 Å². The highest BCUT2D eigenvalue weighted by atomic mass is 35.5. The maximum atomic E-state index is 6.30. The molecule has 0 bridgehead atoms. The van der Waals surface area contributed by atoms with Gasteiger partial charge in [-0.2, -0.15) is 0 Å². The zero-order valence-electron chi connectivity index (χ0n) is 9.91. The van der Waals surface area contributed by atoms with Crippen LogP contribution < -0.4 is 16.4 Å². The molecule has 0 amide bonds. The van der Waals surface area contributed by atoms with E-state index in [4.69, 9.17) is 17.3 Å². The zero-order chi connectivity index (χ0) is 12.7. The van der Waals surface area contributed by atoms with Crippen LogP contribution in [0.3, 0.4) is 0 Å². The van der Waals surface area contributed by atoms with Crippen LogP contribution in [0.2, 0.25) is 0 Å². The van der Waals surface area contributed by atoms with Crippen LogP contribution in [-0.2, 0) is 0 Å². The van der Waals surface area contributed by atoms with Crippen molar-refractivity contribution < 1.29 is 0 Å². The number of rotatable bonds is 1. The molecule has 1 aliphatic rings. The highest BCUT2D eigenvalue weighted by molar-refractivity contribution is 7.19. The molecule has 0 spiro atoms. The van der Waals surface area contributed by atoms with E-state index in [1.807, 2.05) is 0 Å². The second-order valence-corrected chi connectivity index (χ2v) is 6.03. The van der Waals surface area contributed by atoms with Crippen LogP contribution in [0.4, 0.5) is 0 Å². The van der Waals surface area contributed by atoms with Gasteiger partial charge in [0.1, 0.15) is 6.29 Å². The van der Waals surface area contributed by atoms with Crippen LogP contribution in [-0.4, -0.2) is 6.29 Å².